The Kier molecular flexibility index (Phi) is 2.25. The van der Waals surface area contributed by atoms with E-state index >= 15 is 0 Å². The minimum absolute atomic E-state index is 1.00. The molecule has 0 aromatic heterocycles. The molecule has 2 rings (SSSR count). The average molecular weight is 164 g/mol. The Morgan fingerprint density at radius 1 is 0.833 bits per heavy atom. The van der Waals surface area contributed by atoms with Crippen molar-refractivity contribution in [2.24, 2.45) is 11.8 Å². The molecular formula is C12H20. The zero-order chi connectivity index (χ0) is 8.55. The van der Waals surface area contributed by atoms with E-state index in [1.54, 1.807) is 5.57 Å². The molecule has 0 N–H and O–H groups in total. The third-order valence-electron chi connectivity index (χ3n) is 3.67. The summed E-state index contributed by atoms with van der Waals surface area (Å²) in [5, 5.41) is 0. The molecule has 0 aromatic rings. The monoisotopic (exact) mass is 164 g/mol. The lowest BCUT2D eigenvalue weighted by Crippen LogP contribution is -2.25. The predicted octanol–water partition coefficient (Wildman–Crippen LogP) is 3.92. The Balaban J connectivity index is 2.06. The molecule has 0 spiro atoms. The second kappa shape index (κ2) is 3.24. The van der Waals surface area contributed by atoms with Crippen LogP contribution in [0.3, 0.4) is 0 Å². The van der Waals surface area contributed by atoms with Gasteiger partial charge in [0.25, 0.3) is 0 Å². The fourth-order valence-electron chi connectivity index (χ4n) is 2.59. The molecule has 68 valence electrons. The van der Waals surface area contributed by atoms with E-state index in [4.69, 9.17) is 0 Å². The highest BCUT2D eigenvalue weighted by molar-refractivity contribution is 5.20. The van der Waals surface area contributed by atoms with Gasteiger partial charge in [-0.3, -0.25) is 0 Å². The molecule has 0 heteroatoms. The number of hydrogen-bond acceptors (Lipinski definition) is 0. The van der Waals surface area contributed by atoms with Crippen LogP contribution in [0, 0.1) is 11.8 Å². The molecule has 0 nitrogen and oxygen atoms in total. The minimum atomic E-state index is 1.00. The van der Waals surface area contributed by atoms with Gasteiger partial charge in [-0.1, -0.05) is 24.0 Å². The van der Waals surface area contributed by atoms with Crippen LogP contribution < -0.4 is 0 Å². The maximum absolute atomic E-state index is 2.31. The van der Waals surface area contributed by atoms with Gasteiger partial charge in [-0.05, 0) is 51.4 Å². The lowest BCUT2D eigenvalue weighted by atomic mass is 9.67. The van der Waals surface area contributed by atoms with E-state index in [9.17, 15) is 0 Å². The molecule has 0 heterocycles. The van der Waals surface area contributed by atoms with Crippen LogP contribution in [0.5, 0.6) is 0 Å². The fraction of sp³-hybridized carbons (Fsp3) is 0.833. The lowest BCUT2D eigenvalue weighted by molar-refractivity contribution is 0.274. The molecule has 2 aliphatic carbocycles. The summed E-state index contributed by atoms with van der Waals surface area (Å²) >= 11 is 0. The van der Waals surface area contributed by atoms with Gasteiger partial charge < -0.3 is 0 Å². The summed E-state index contributed by atoms with van der Waals surface area (Å²) in [5.41, 5.74) is 3.48. The SMILES string of the molecule is CC(C)=C(C1CCC1)C1CCC1. The molecule has 2 aliphatic rings. The fourth-order valence-corrected chi connectivity index (χ4v) is 2.59. The standard InChI is InChI=1S/C12H20/c1-9(2)12(10-5-3-6-10)11-7-4-8-11/h10-11H,3-8H2,1-2H3. The van der Waals surface area contributed by atoms with Crippen molar-refractivity contribution in [1.82, 2.24) is 0 Å². The van der Waals surface area contributed by atoms with Gasteiger partial charge >= 0.3 is 0 Å². The Hall–Kier alpha value is -0.260. The molecule has 2 fully saturated rings. The summed E-state index contributed by atoms with van der Waals surface area (Å²) in [4.78, 5) is 0. The summed E-state index contributed by atoms with van der Waals surface area (Å²) in [6, 6.07) is 0. The zero-order valence-corrected chi connectivity index (χ0v) is 8.40. The first-order chi connectivity index (χ1) is 5.79. The van der Waals surface area contributed by atoms with Crippen molar-refractivity contribution in [3.8, 4) is 0 Å². The highest BCUT2D eigenvalue weighted by atomic mass is 14.4. The highest BCUT2D eigenvalue weighted by Gasteiger charge is 2.31. The normalized spacial score (nSPS) is 24.5. The predicted molar refractivity (Wildman–Crippen MR) is 53.1 cm³/mol. The van der Waals surface area contributed by atoms with E-state index in [0.717, 1.165) is 11.8 Å². The Morgan fingerprint density at radius 3 is 1.42 bits per heavy atom. The van der Waals surface area contributed by atoms with E-state index in [0.29, 0.717) is 0 Å². The van der Waals surface area contributed by atoms with Crippen LogP contribution in [0.15, 0.2) is 11.1 Å². The van der Waals surface area contributed by atoms with Crippen molar-refractivity contribution in [2.75, 3.05) is 0 Å². The van der Waals surface area contributed by atoms with Gasteiger partial charge in [0.2, 0.25) is 0 Å². The van der Waals surface area contributed by atoms with Crippen LogP contribution in [0.1, 0.15) is 52.4 Å². The summed E-state index contributed by atoms with van der Waals surface area (Å²) < 4.78 is 0. The molecule has 0 radical (unpaired) electrons. The highest BCUT2D eigenvalue weighted by Crippen LogP contribution is 2.45. The number of hydrogen-bond donors (Lipinski definition) is 0. The second-order valence-electron chi connectivity index (χ2n) is 4.71. The van der Waals surface area contributed by atoms with Gasteiger partial charge in [0.15, 0.2) is 0 Å². The van der Waals surface area contributed by atoms with Gasteiger partial charge in [0.1, 0.15) is 0 Å². The maximum Gasteiger partial charge on any atom is -0.0198 e. The smallest absolute Gasteiger partial charge is 0.0198 e. The molecule has 0 aliphatic heterocycles. The zero-order valence-electron chi connectivity index (χ0n) is 8.40. The quantitative estimate of drug-likeness (QED) is 0.543. The van der Waals surface area contributed by atoms with Crippen molar-refractivity contribution in [3.05, 3.63) is 11.1 Å². The Bertz CT molecular complexity index is 172. The van der Waals surface area contributed by atoms with Crippen LogP contribution in [0.25, 0.3) is 0 Å². The Labute approximate surface area is 76.1 Å². The molecule has 0 unspecified atom stereocenters. The summed E-state index contributed by atoms with van der Waals surface area (Å²) in [6.07, 6.45) is 8.89. The van der Waals surface area contributed by atoms with Crippen LogP contribution in [0.4, 0.5) is 0 Å². The van der Waals surface area contributed by atoms with Crippen LogP contribution in [-0.4, -0.2) is 0 Å². The van der Waals surface area contributed by atoms with E-state index in [1.165, 1.54) is 38.5 Å². The second-order valence-corrected chi connectivity index (χ2v) is 4.71. The minimum Gasteiger partial charge on any atom is -0.0767 e. The molecule has 0 bridgehead atoms. The van der Waals surface area contributed by atoms with Crippen molar-refractivity contribution in [1.29, 1.82) is 0 Å². The lowest BCUT2D eigenvalue weighted by Gasteiger charge is -2.38. The van der Waals surface area contributed by atoms with Crippen molar-refractivity contribution >= 4 is 0 Å². The third kappa shape index (κ3) is 1.32. The van der Waals surface area contributed by atoms with Gasteiger partial charge in [0.05, 0.1) is 0 Å². The van der Waals surface area contributed by atoms with E-state index in [-0.39, 0.29) is 0 Å². The van der Waals surface area contributed by atoms with E-state index in [2.05, 4.69) is 13.8 Å². The largest absolute Gasteiger partial charge is 0.0767 e. The van der Waals surface area contributed by atoms with E-state index < -0.39 is 0 Å². The van der Waals surface area contributed by atoms with Crippen molar-refractivity contribution in [2.45, 2.75) is 52.4 Å². The number of rotatable bonds is 2. The first kappa shape index (κ1) is 8.34. The molecule has 0 aromatic carbocycles. The molecule has 0 atom stereocenters. The van der Waals surface area contributed by atoms with E-state index in [1.807, 2.05) is 5.57 Å². The van der Waals surface area contributed by atoms with Gasteiger partial charge in [0, 0.05) is 0 Å². The summed E-state index contributed by atoms with van der Waals surface area (Å²) in [6.45, 7) is 4.62. The summed E-state index contributed by atoms with van der Waals surface area (Å²) in [5.74, 6) is 2.00. The van der Waals surface area contributed by atoms with Gasteiger partial charge in [-0.15, -0.1) is 0 Å². The molecule has 2 saturated carbocycles. The molecule has 0 saturated heterocycles. The number of allylic oxidation sites excluding steroid dienone is 2. The maximum atomic E-state index is 2.31. The first-order valence-corrected chi connectivity index (χ1v) is 5.46. The molecule has 0 amide bonds. The molecule has 12 heavy (non-hydrogen) atoms. The van der Waals surface area contributed by atoms with Crippen molar-refractivity contribution < 1.29 is 0 Å². The van der Waals surface area contributed by atoms with Gasteiger partial charge in [-0.25, -0.2) is 0 Å². The van der Waals surface area contributed by atoms with Gasteiger partial charge in [-0.2, -0.15) is 0 Å². The summed E-state index contributed by atoms with van der Waals surface area (Å²) in [7, 11) is 0. The average Bonchev–Trinajstić information content (AvgIpc) is 1.77. The third-order valence-corrected chi connectivity index (χ3v) is 3.67. The molecular weight excluding hydrogens is 144 g/mol. The topological polar surface area (TPSA) is 0 Å². The Morgan fingerprint density at radius 2 is 1.25 bits per heavy atom. The first-order valence-electron chi connectivity index (χ1n) is 5.46. The van der Waals surface area contributed by atoms with Crippen LogP contribution in [-0.2, 0) is 0 Å². The van der Waals surface area contributed by atoms with Crippen LogP contribution >= 0.6 is 0 Å². The van der Waals surface area contributed by atoms with Crippen LogP contribution in [0.2, 0.25) is 0 Å². The van der Waals surface area contributed by atoms with Crippen molar-refractivity contribution in [3.63, 3.8) is 0 Å².